The van der Waals surface area contributed by atoms with Crippen LogP contribution in [0.1, 0.15) is 15.9 Å². The van der Waals surface area contributed by atoms with Gasteiger partial charge in [-0.15, -0.1) is 0 Å². The van der Waals surface area contributed by atoms with E-state index in [1.54, 1.807) is 24.3 Å². The van der Waals surface area contributed by atoms with E-state index in [1.807, 2.05) is 36.4 Å². The lowest BCUT2D eigenvalue weighted by atomic mass is 10.2. The minimum atomic E-state index is -3.93. The number of hydrogen-bond acceptors (Lipinski definition) is 4. The Bertz CT molecular complexity index is 1250. The molecule has 1 amide bonds. The Morgan fingerprint density at radius 2 is 1.68 bits per heavy atom. The molecule has 0 aliphatic carbocycles. The zero-order chi connectivity index (χ0) is 22.3. The van der Waals surface area contributed by atoms with E-state index in [2.05, 4.69) is 31.2 Å². The van der Waals surface area contributed by atoms with Crippen molar-refractivity contribution < 1.29 is 13.2 Å². The van der Waals surface area contributed by atoms with Crippen molar-refractivity contribution in [3.63, 3.8) is 0 Å². The summed E-state index contributed by atoms with van der Waals surface area (Å²) in [6, 6.07) is 21.7. The highest BCUT2D eigenvalue weighted by atomic mass is 79.9. The third-order valence-electron chi connectivity index (χ3n) is 3.98. The van der Waals surface area contributed by atoms with E-state index in [0.29, 0.717) is 4.48 Å². The summed E-state index contributed by atoms with van der Waals surface area (Å²) in [5, 5.41) is 4.16. The third-order valence-corrected chi connectivity index (χ3v) is 6.11. The zero-order valence-electron chi connectivity index (χ0n) is 16.0. The number of anilines is 1. The van der Waals surface area contributed by atoms with E-state index in [0.717, 1.165) is 5.56 Å². The van der Waals surface area contributed by atoms with Gasteiger partial charge in [0.2, 0.25) is 0 Å². The molecule has 0 aromatic heterocycles. The predicted octanol–water partition coefficient (Wildman–Crippen LogP) is 5.29. The van der Waals surface area contributed by atoms with Crippen LogP contribution >= 0.6 is 27.5 Å². The number of para-hydroxylation sites is 1. The first-order valence-corrected chi connectivity index (χ1v) is 11.6. The first kappa shape index (κ1) is 22.7. The molecule has 0 aliphatic heterocycles. The van der Waals surface area contributed by atoms with Crippen molar-refractivity contribution in [1.82, 2.24) is 5.43 Å². The predicted molar refractivity (Wildman–Crippen MR) is 128 cm³/mol. The van der Waals surface area contributed by atoms with Gasteiger partial charge in [0.05, 0.1) is 21.8 Å². The number of amides is 1. The molecule has 0 saturated heterocycles. The summed E-state index contributed by atoms with van der Waals surface area (Å²) in [6.45, 7) is 0. The number of hydrogen-bond donors (Lipinski definition) is 2. The summed E-state index contributed by atoms with van der Waals surface area (Å²) in [5.74, 6) is -0.550. The Balaban J connectivity index is 1.70. The monoisotopic (exact) mass is 517 g/mol. The maximum absolute atomic E-state index is 12.7. The van der Waals surface area contributed by atoms with Gasteiger partial charge in [-0.25, -0.2) is 13.8 Å². The van der Waals surface area contributed by atoms with E-state index in [1.165, 1.54) is 30.5 Å². The Morgan fingerprint density at radius 3 is 2.42 bits per heavy atom. The molecule has 158 valence electrons. The molecule has 0 bridgehead atoms. The molecule has 0 unspecified atom stereocenters. The van der Waals surface area contributed by atoms with Gasteiger partial charge < -0.3 is 0 Å². The first-order chi connectivity index (χ1) is 14.8. The van der Waals surface area contributed by atoms with Crippen molar-refractivity contribution >= 4 is 61.4 Å². The Morgan fingerprint density at radius 1 is 0.968 bits per heavy atom. The van der Waals surface area contributed by atoms with Crippen molar-refractivity contribution in [2.75, 3.05) is 4.72 Å². The average Bonchev–Trinajstić information content (AvgIpc) is 2.76. The number of carbonyl (C=O) groups is 1. The molecule has 0 fully saturated rings. The Kier molecular flexibility index (Phi) is 7.62. The molecule has 0 radical (unpaired) electrons. The normalized spacial score (nSPS) is 12.0. The summed E-state index contributed by atoms with van der Waals surface area (Å²) in [4.78, 5) is 12.3. The maximum atomic E-state index is 12.7. The molecule has 3 aromatic rings. The van der Waals surface area contributed by atoms with Gasteiger partial charge in [-0.3, -0.25) is 9.52 Å². The molecule has 3 aromatic carbocycles. The van der Waals surface area contributed by atoms with Crippen LogP contribution in [0.25, 0.3) is 6.08 Å². The second kappa shape index (κ2) is 10.4. The fourth-order valence-electron chi connectivity index (χ4n) is 2.52. The average molecular weight is 519 g/mol. The van der Waals surface area contributed by atoms with Crippen LogP contribution in [-0.2, 0) is 10.0 Å². The fourth-order valence-corrected chi connectivity index (χ4v) is 4.25. The van der Waals surface area contributed by atoms with Crippen LogP contribution in [0.4, 0.5) is 5.69 Å². The smallest absolute Gasteiger partial charge is 0.271 e. The molecule has 0 atom stereocenters. The summed E-state index contributed by atoms with van der Waals surface area (Å²) in [5.41, 5.74) is 3.73. The minimum absolute atomic E-state index is 0.0748. The SMILES string of the molecule is O=C(NN=CC(Br)=Cc1ccccc1)c1cccc(S(=O)(=O)Nc2ccccc2Cl)c1. The van der Waals surface area contributed by atoms with E-state index in [-0.39, 0.29) is 21.2 Å². The molecule has 31 heavy (non-hydrogen) atoms. The number of allylic oxidation sites excluding steroid dienone is 1. The van der Waals surface area contributed by atoms with Crippen molar-refractivity contribution in [1.29, 1.82) is 0 Å². The van der Waals surface area contributed by atoms with Gasteiger partial charge in [0, 0.05) is 10.0 Å². The summed E-state index contributed by atoms with van der Waals surface area (Å²) in [7, 11) is -3.93. The minimum Gasteiger partial charge on any atom is -0.278 e. The Labute approximate surface area is 193 Å². The number of halogens is 2. The number of sulfonamides is 1. The van der Waals surface area contributed by atoms with Crippen LogP contribution in [0.2, 0.25) is 5.02 Å². The molecule has 0 saturated carbocycles. The van der Waals surface area contributed by atoms with Crippen molar-refractivity contribution in [3.05, 3.63) is 99.5 Å². The molecular formula is C22H17BrClN3O3S. The lowest BCUT2D eigenvalue weighted by Crippen LogP contribution is -2.19. The van der Waals surface area contributed by atoms with E-state index in [9.17, 15) is 13.2 Å². The number of carbonyl (C=O) groups excluding carboxylic acids is 1. The molecule has 0 heterocycles. The largest absolute Gasteiger partial charge is 0.278 e. The molecule has 9 heteroatoms. The lowest BCUT2D eigenvalue weighted by Gasteiger charge is -2.10. The molecule has 0 aliphatic rings. The van der Waals surface area contributed by atoms with E-state index >= 15 is 0 Å². The van der Waals surface area contributed by atoms with Crippen molar-refractivity contribution in [2.24, 2.45) is 5.10 Å². The highest BCUT2D eigenvalue weighted by molar-refractivity contribution is 9.12. The molecule has 3 rings (SSSR count). The van der Waals surface area contributed by atoms with Gasteiger partial charge in [-0.1, -0.05) is 60.1 Å². The van der Waals surface area contributed by atoms with Gasteiger partial charge in [0.15, 0.2) is 0 Å². The molecule has 0 spiro atoms. The topological polar surface area (TPSA) is 87.6 Å². The van der Waals surface area contributed by atoms with Crippen LogP contribution in [0.15, 0.2) is 93.3 Å². The van der Waals surface area contributed by atoms with Gasteiger partial charge >= 0.3 is 0 Å². The molecule has 2 N–H and O–H groups in total. The van der Waals surface area contributed by atoms with Gasteiger partial charge in [-0.2, -0.15) is 5.10 Å². The third kappa shape index (κ3) is 6.52. The Hall–Kier alpha value is -2.94. The van der Waals surface area contributed by atoms with E-state index in [4.69, 9.17) is 11.6 Å². The van der Waals surface area contributed by atoms with Crippen molar-refractivity contribution in [2.45, 2.75) is 4.90 Å². The highest BCUT2D eigenvalue weighted by Gasteiger charge is 2.17. The van der Waals surface area contributed by atoms with Crippen LogP contribution < -0.4 is 10.1 Å². The quantitative estimate of drug-likeness (QED) is 0.329. The number of benzene rings is 3. The highest BCUT2D eigenvalue weighted by Crippen LogP contribution is 2.24. The van der Waals surface area contributed by atoms with Gasteiger partial charge in [-0.05, 0) is 57.9 Å². The maximum Gasteiger partial charge on any atom is 0.271 e. The second-order valence-electron chi connectivity index (χ2n) is 6.25. The van der Waals surface area contributed by atoms with Crippen LogP contribution in [0.5, 0.6) is 0 Å². The summed E-state index contributed by atoms with van der Waals surface area (Å²) in [6.07, 6.45) is 3.27. The lowest BCUT2D eigenvalue weighted by molar-refractivity contribution is 0.0955. The van der Waals surface area contributed by atoms with Crippen LogP contribution in [-0.4, -0.2) is 20.5 Å². The molecular weight excluding hydrogens is 502 g/mol. The standard InChI is InChI=1S/C22H17BrClN3O3S/c23-18(13-16-7-2-1-3-8-16)15-25-26-22(28)17-9-6-10-19(14-17)31(29,30)27-21-12-5-4-11-20(21)24/h1-15,27H,(H,26,28). The summed E-state index contributed by atoms with van der Waals surface area (Å²) >= 11 is 9.38. The van der Waals surface area contributed by atoms with Crippen LogP contribution in [0, 0.1) is 0 Å². The first-order valence-electron chi connectivity index (χ1n) is 8.98. The molecule has 6 nitrogen and oxygen atoms in total. The van der Waals surface area contributed by atoms with Crippen LogP contribution in [0.3, 0.4) is 0 Å². The number of nitrogens with zero attached hydrogens (tertiary/aromatic N) is 1. The van der Waals surface area contributed by atoms with Gasteiger partial charge in [0.25, 0.3) is 15.9 Å². The fraction of sp³-hybridized carbons (Fsp3) is 0. The summed E-state index contributed by atoms with van der Waals surface area (Å²) < 4.78 is 28.4. The zero-order valence-corrected chi connectivity index (χ0v) is 19.2. The number of nitrogens with one attached hydrogen (secondary N) is 2. The van der Waals surface area contributed by atoms with E-state index < -0.39 is 15.9 Å². The second-order valence-corrected chi connectivity index (χ2v) is 9.26. The van der Waals surface area contributed by atoms with Crippen molar-refractivity contribution in [3.8, 4) is 0 Å². The number of rotatable bonds is 7. The number of hydrazone groups is 1. The van der Waals surface area contributed by atoms with Gasteiger partial charge in [0.1, 0.15) is 0 Å².